The monoisotopic (exact) mass is 481 g/mol. The molecule has 3 rings (SSSR count). The van der Waals surface area contributed by atoms with Gasteiger partial charge in [-0.05, 0) is 23.8 Å². The van der Waals surface area contributed by atoms with E-state index in [0.717, 1.165) is 11.3 Å². The van der Waals surface area contributed by atoms with Crippen molar-refractivity contribution < 1.29 is 9.53 Å². The third-order valence-electron chi connectivity index (χ3n) is 4.23. The van der Waals surface area contributed by atoms with Gasteiger partial charge in [0.2, 0.25) is 11.8 Å². The first kappa shape index (κ1) is 20.9. The molecule has 0 spiro atoms. The highest BCUT2D eigenvalue weighted by molar-refractivity contribution is 14.0. The maximum absolute atomic E-state index is 12.3. The number of pyridine rings is 1. The van der Waals surface area contributed by atoms with Crippen LogP contribution in [0.4, 0.5) is 5.69 Å². The molecule has 0 saturated carbocycles. The summed E-state index contributed by atoms with van der Waals surface area (Å²) in [7, 11) is 3.31. The van der Waals surface area contributed by atoms with Crippen molar-refractivity contribution in [2.45, 2.75) is 19.0 Å². The van der Waals surface area contributed by atoms with Crippen LogP contribution >= 0.6 is 24.0 Å². The van der Waals surface area contributed by atoms with Gasteiger partial charge in [0.25, 0.3) is 0 Å². The van der Waals surface area contributed by atoms with Gasteiger partial charge < -0.3 is 20.3 Å². The number of methoxy groups -OCH3 is 1. The molecule has 0 aliphatic carbocycles. The number of carbonyl (C=O) groups is 1. The summed E-state index contributed by atoms with van der Waals surface area (Å²) in [4.78, 5) is 22.5. The predicted octanol–water partition coefficient (Wildman–Crippen LogP) is 2.18. The van der Waals surface area contributed by atoms with E-state index in [1.165, 1.54) is 0 Å². The van der Waals surface area contributed by atoms with Crippen LogP contribution in [0.15, 0.2) is 53.7 Å². The van der Waals surface area contributed by atoms with Crippen LogP contribution in [0.5, 0.6) is 5.88 Å². The second-order valence-corrected chi connectivity index (χ2v) is 6.02. The molecule has 1 aromatic carbocycles. The SMILES string of the molecule is CN=C(NCc1ccnc(OC)c1)NC1CC(=O)N(c2ccccc2)C1.I. The molecule has 0 radical (unpaired) electrons. The molecule has 1 unspecified atom stereocenters. The minimum Gasteiger partial charge on any atom is -0.481 e. The van der Waals surface area contributed by atoms with Crippen LogP contribution in [-0.4, -0.2) is 43.6 Å². The number of hydrogen-bond donors (Lipinski definition) is 2. The number of aromatic nitrogens is 1. The summed E-state index contributed by atoms with van der Waals surface area (Å²) in [5.74, 6) is 1.35. The average molecular weight is 481 g/mol. The third kappa shape index (κ3) is 5.56. The Morgan fingerprint density at radius 2 is 2.11 bits per heavy atom. The molecule has 1 saturated heterocycles. The molecule has 144 valence electrons. The van der Waals surface area contributed by atoms with Crippen LogP contribution in [0.1, 0.15) is 12.0 Å². The largest absolute Gasteiger partial charge is 0.481 e. The Balaban J connectivity index is 0.00000261. The zero-order valence-electron chi connectivity index (χ0n) is 15.4. The zero-order chi connectivity index (χ0) is 18.4. The molecular formula is C19H24IN5O2. The number of ether oxygens (including phenoxy) is 1. The number of hydrogen-bond acceptors (Lipinski definition) is 4. The van der Waals surface area contributed by atoms with Gasteiger partial charge in [0, 0.05) is 44.5 Å². The lowest BCUT2D eigenvalue weighted by molar-refractivity contribution is -0.117. The van der Waals surface area contributed by atoms with Crippen molar-refractivity contribution in [3.63, 3.8) is 0 Å². The molecule has 1 aliphatic rings. The fourth-order valence-corrected chi connectivity index (χ4v) is 2.91. The standard InChI is InChI=1S/C19H23N5O2.HI/c1-20-19(22-12-14-8-9-21-17(10-14)26-2)23-15-11-18(25)24(13-15)16-6-4-3-5-7-16;/h3-10,15H,11-13H2,1-2H3,(H2,20,22,23);1H. The van der Waals surface area contributed by atoms with Crippen molar-refractivity contribution in [1.82, 2.24) is 15.6 Å². The predicted molar refractivity (Wildman–Crippen MR) is 117 cm³/mol. The van der Waals surface area contributed by atoms with Gasteiger partial charge >= 0.3 is 0 Å². The zero-order valence-corrected chi connectivity index (χ0v) is 17.7. The average Bonchev–Trinajstić information content (AvgIpc) is 3.06. The molecule has 0 bridgehead atoms. The molecule has 2 N–H and O–H groups in total. The highest BCUT2D eigenvalue weighted by atomic mass is 127. The number of benzene rings is 1. The smallest absolute Gasteiger partial charge is 0.229 e. The van der Waals surface area contributed by atoms with Gasteiger partial charge in [-0.2, -0.15) is 0 Å². The molecule has 2 aromatic rings. The summed E-state index contributed by atoms with van der Waals surface area (Å²) in [5, 5.41) is 6.58. The second kappa shape index (κ2) is 10.1. The number of halogens is 1. The Labute approximate surface area is 176 Å². The molecule has 1 aliphatic heterocycles. The van der Waals surface area contributed by atoms with Gasteiger partial charge in [-0.25, -0.2) is 4.98 Å². The molecular weight excluding hydrogens is 457 g/mol. The Kier molecular flexibility index (Phi) is 7.83. The molecule has 8 heteroatoms. The number of para-hydroxylation sites is 1. The van der Waals surface area contributed by atoms with E-state index in [1.54, 1.807) is 25.3 Å². The molecule has 1 amide bonds. The summed E-state index contributed by atoms with van der Waals surface area (Å²) < 4.78 is 5.13. The first-order valence-corrected chi connectivity index (χ1v) is 8.51. The first-order chi connectivity index (χ1) is 12.7. The van der Waals surface area contributed by atoms with Gasteiger partial charge in [-0.1, -0.05) is 18.2 Å². The number of guanidine groups is 1. The lowest BCUT2D eigenvalue weighted by Gasteiger charge is -2.19. The number of nitrogens with one attached hydrogen (secondary N) is 2. The van der Waals surface area contributed by atoms with E-state index in [2.05, 4.69) is 20.6 Å². The topological polar surface area (TPSA) is 78.9 Å². The van der Waals surface area contributed by atoms with E-state index in [4.69, 9.17) is 4.74 Å². The van der Waals surface area contributed by atoms with Gasteiger partial charge in [0.1, 0.15) is 0 Å². The van der Waals surface area contributed by atoms with Crippen molar-refractivity contribution in [3.05, 3.63) is 54.2 Å². The van der Waals surface area contributed by atoms with Gasteiger partial charge in [-0.15, -0.1) is 24.0 Å². The minimum atomic E-state index is 0. The minimum absolute atomic E-state index is 0. The van der Waals surface area contributed by atoms with Crippen molar-refractivity contribution >= 4 is 41.5 Å². The second-order valence-electron chi connectivity index (χ2n) is 6.02. The van der Waals surface area contributed by atoms with Crippen LogP contribution in [-0.2, 0) is 11.3 Å². The Morgan fingerprint density at radius 1 is 1.33 bits per heavy atom. The summed E-state index contributed by atoms with van der Waals surface area (Å²) in [6.45, 7) is 1.20. The van der Waals surface area contributed by atoms with Crippen LogP contribution in [0.25, 0.3) is 0 Å². The van der Waals surface area contributed by atoms with E-state index in [-0.39, 0.29) is 35.9 Å². The Morgan fingerprint density at radius 3 is 2.81 bits per heavy atom. The van der Waals surface area contributed by atoms with Gasteiger partial charge in [0.05, 0.1) is 13.2 Å². The van der Waals surface area contributed by atoms with Crippen molar-refractivity contribution in [2.24, 2.45) is 4.99 Å². The van der Waals surface area contributed by atoms with E-state index in [9.17, 15) is 4.79 Å². The van der Waals surface area contributed by atoms with Gasteiger partial charge in [0.15, 0.2) is 5.96 Å². The summed E-state index contributed by atoms with van der Waals surface area (Å²) in [6, 6.07) is 13.5. The van der Waals surface area contributed by atoms with Crippen LogP contribution in [0.2, 0.25) is 0 Å². The summed E-state index contributed by atoms with van der Waals surface area (Å²) in [5.41, 5.74) is 1.96. The molecule has 1 aromatic heterocycles. The van der Waals surface area contributed by atoms with Crippen molar-refractivity contribution in [1.29, 1.82) is 0 Å². The number of aliphatic imine (C=N–C) groups is 1. The summed E-state index contributed by atoms with van der Waals surface area (Å²) >= 11 is 0. The van der Waals surface area contributed by atoms with Crippen molar-refractivity contribution in [2.75, 3.05) is 25.6 Å². The Bertz CT molecular complexity index is 785. The lowest BCUT2D eigenvalue weighted by Crippen LogP contribution is -2.44. The van der Waals surface area contributed by atoms with Crippen LogP contribution < -0.4 is 20.3 Å². The van der Waals surface area contributed by atoms with Crippen LogP contribution in [0, 0.1) is 0 Å². The number of anilines is 1. The fourth-order valence-electron chi connectivity index (χ4n) is 2.91. The first-order valence-electron chi connectivity index (χ1n) is 8.51. The number of amides is 1. The van der Waals surface area contributed by atoms with Crippen LogP contribution in [0.3, 0.4) is 0 Å². The number of carbonyl (C=O) groups excluding carboxylic acids is 1. The Hall–Kier alpha value is -2.36. The van der Waals surface area contributed by atoms with E-state index < -0.39 is 0 Å². The normalized spacial score (nSPS) is 16.7. The maximum atomic E-state index is 12.3. The third-order valence-corrected chi connectivity index (χ3v) is 4.23. The lowest BCUT2D eigenvalue weighted by atomic mass is 10.2. The molecule has 1 fully saturated rings. The highest BCUT2D eigenvalue weighted by Gasteiger charge is 2.30. The van der Waals surface area contributed by atoms with Crippen molar-refractivity contribution in [3.8, 4) is 5.88 Å². The fraction of sp³-hybridized carbons (Fsp3) is 0.316. The van der Waals surface area contributed by atoms with E-state index in [0.29, 0.717) is 31.3 Å². The molecule has 2 heterocycles. The number of rotatable bonds is 5. The number of nitrogens with zero attached hydrogens (tertiary/aromatic N) is 3. The maximum Gasteiger partial charge on any atom is 0.229 e. The van der Waals surface area contributed by atoms with E-state index in [1.807, 2.05) is 42.5 Å². The quantitative estimate of drug-likeness (QED) is 0.389. The van der Waals surface area contributed by atoms with Gasteiger partial charge in [-0.3, -0.25) is 9.79 Å². The summed E-state index contributed by atoms with van der Waals surface area (Å²) in [6.07, 6.45) is 2.15. The molecule has 27 heavy (non-hydrogen) atoms. The highest BCUT2D eigenvalue weighted by Crippen LogP contribution is 2.20. The van der Waals surface area contributed by atoms with E-state index >= 15 is 0 Å². The molecule has 1 atom stereocenters. The molecule has 7 nitrogen and oxygen atoms in total.